The van der Waals surface area contributed by atoms with E-state index in [1.165, 1.54) is 0 Å². The zero-order chi connectivity index (χ0) is 23.6. The fraction of sp³-hybridized carbons (Fsp3) is 0.208. The van der Waals surface area contributed by atoms with Gasteiger partial charge in [-0.1, -0.05) is 57.4 Å². The summed E-state index contributed by atoms with van der Waals surface area (Å²) in [7, 11) is 0. The van der Waals surface area contributed by atoms with E-state index in [-0.39, 0.29) is 11.2 Å². The third kappa shape index (κ3) is 3.54. The second-order valence-corrected chi connectivity index (χ2v) is 10.8. The first-order valence-corrected chi connectivity index (χ1v) is 13.4. The van der Waals surface area contributed by atoms with Crippen LogP contribution in [0.5, 0.6) is 5.75 Å². The topological polar surface area (TPSA) is 50.4 Å². The van der Waals surface area contributed by atoms with Crippen molar-refractivity contribution in [3.05, 3.63) is 68.8 Å². The van der Waals surface area contributed by atoms with E-state index in [0.29, 0.717) is 51.1 Å². The van der Waals surface area contributed by atoms with Gasteiger partial charge in [0.25, 0.3) is 0 Å². The molecule has 0 saturated carbocycles. The van der Waals surface area contributed by atoms with Crippen molar-refractivity contribution in [3.8, 4) is 28.2 Å². The maximum atomic E-state index is 12.7. The summed E-state index contributed by atoms with van der Waals surface area (Å²) in [6, 6.07) is 3.71. The number of aryl methyl sites for hydroxylation is 2. The zero-order valence-electron chi connectivity index (χ0n) is 17.5. The smallest absolute Gasteiger partial charge is 0.188 e. The summed E-state index contributed by atoms with van der Waals surface area (Å²) in [6.07, 6.45) is 0. The summed E-state index contributed by atoms with van der Waals surface area (Å²) in [5, 5.41) is 12.8. The standard InChI is InChI=1S/C24H17Cl3I2O3/c1-8-5-12-16(15-10(3)17(25)19(27)14(7-28)18(15)26)13-6-9(2)22(31)20(29)24(13)32-23(12)11(4)21(8)30/h5-6,31H,7H2,1-4H3. The lowest BCUT2D eigenvalue weighted by Crippen LogP contribution is -2.12. The van der Waals surface area contributed by atoms with Gasteiger partial charge < -0.3 is 9.52 Å². The van der Waals surface area contributed by atoms with Gasteiger partial charge in [-0.05, 0) is 79.1 Å². The molecule has 2 aliphatic rings. The van der Waals surface area contributed by atoms with Crippen LogP contribution in [0.3, 0.4) is 0 Å². The Morgan fingerprint density at radius 3 is 2.22 bits per heavy atom. The van der Waals surface area contributed by atoms with Crippen molar-refractivity contribution >= 4 is 91.0 Å². The van der Waals surface area contributed by atoms with Gasteiger partial charge in [-0.25, -0.2) is 0 Å². The highest BCUT2D eigenvalue weighted by Gasteiger charge is 2.28. The van der Waals surface area contributed by atoms with E-state index in [4.69, 9.17) is 39.2 Å². The highest BCUT2D eigenvalue weighted by Crippen LogP contribution is 2.51. The van der Waals surface area contributed by atoms with Crippen molar-refractivity contribution in [2.45, 2.75) is 32.1 Å². The molecule has 0 aromatic heterocycles. The number of phenols is 1. The molecular weight excluding hydrogens is 696 g/mol. The molecular formula is C24H17Cl3I2O3. The molecule has 0 saturated heterocycles. The summed E-state index contributed by atoms with van der Waals surface area (Å²) in [6.45, 7) is 7.25. The fourth-order valence-corrected chi connectivity index (χ4v) is 7.05. The molecule has 0 bridgehead atoms. The predicted octanol–water partition coefficient (Wildman–Crippen LogP) is 9.00. The van der Waals surface area contributed by atoms with Crippen LogP contribution in [0.15, 0.2) is 21.3 Å². The summed E-state index contributed by atoms with van der Waals surface area (Å²) < 4.78 is 7.41. The third-order valence-corrected chi connectivity index (χ3v) is 8.97. The van der Waals surface area contributed by atoms with Crippen molar-refractivity contribution in [2.75, 3.05) is 0 Å². The number of hydrogen-bond donors (Lipinski definition) is 1. The van der Waals surface area contributed by atoms with Crippen LogP contribution < -0.4 is 5.43 Å². The first-order chi connectivity index (χ1) is 15.0. The first kappa shape index (κ1) is 24.4. The Bertz CT molecular complexity index is 1480. The molecule has 32 heavy (non-hydrogen) atoms. The molecule has 2 aromatic rings. The van der Waals surface area contributed by atoms with E-state index in [1.807, 2.05) is 26.0 Å². The molecule has 8 heteroatoms. The van der Waals surface area contributed by atoms with Crippen molar-refractivity contribution in [1.29, 1.82) is 0 Å². The van der Waals surface area contributed by atoms with Crippen LogP contribution in [0.2, 0.25) is 15.1 Å². The molecule has 1 heterocycles. The Balaban J connectivity index is 2.38. The maximum Gasteiger partial charge on any atom is 0.188 e. The van der Waals surface area contributed by atoms with Crippen LogP contribution in [0.1, 0.15) is 27.8 Å². The molecule has 3 nitrogen and oxygen atoms in total. The highest BCUT2D eigenvalue weighted by atomic mass is 127. The van der Waals surface area contributed by atoms with Gasteiger partial charge in [0.15, 0.2) is 11.0 Å². The van der Waals surface area contributed by atoms with Crippen LogP contribution in [-0.2, 0) is 4.43 Å². The Morgan fingerprint density at radius 1 is 0.938 bits per heavy atom. The first-order valence-electron chi connectivity index (χ1n) is 9.62. The molecule has 0 atom stereocenters. The van der Waals surface area contributed by atoms with Gasteiger partial charge in [0.2, 0.25) is 0 Å². The van der Waals surface area contributed by atoms with Gasteiger partial charge in [0, 0.05) is 37.6 Å². The zero-order valence-corrected chi connectivity index (χ0v) is 24.1. The monoisotopic (exact) mass is 712 g/mol. The molecule has 1 aliphatic heterocycles. The Morgan fingerprint density at radius 2 is 1.59 bits per heavy atom. The van der Waals surface area contributed by atoms with E-state index in [1.54, 1.807) is 13.8 Å². The number of halogens is 5. The van der Waals surface area contributed by atoms with E-state index in [9.17, 15) is 9.90 Å². The van der Waals surface area contributed by atoms with Gasteiger partial charge in [-0.15, -0.1) is 0 Å². The minimum absolute atomic E-state index is 0.0807. The molecule has 0 radical (unpaired) electrons. The van der Waals surface area contributed by atoms with Gasteiger partial charge in [0.05, 0.1) is 18.6 Å². The van der Waals surface area contributed by atoms with Crippen molar-refractivity contribution in [2.24, 2.45) is 0 Å². The molecule has 166 valence electrons. The number of benzene rings is 3. The quantitative estimate of drug-likeness (QED) is 0.0977. The fourth-order valence-electron chi connectivity index (χ4n) is 4.05. The molecule has 0 fully saturated rings. The van der Waals surface area contributed by atoms with E-state index in [0.717, 1.165) is 33.2 Å². The minimum Gasteiger partial charge on any atom is -0.506 e. The average molecular weight is 714 g/mol. The lowest BCUT2D eigenvalue weighted by molar-refractivity contribution is 0.466. The largest absolute Gasteiger partial charge is 0.506 e. The normalized spacial score (nSPS) is 11.7. The van der Waals surface area contributed by atoms with Crippen molar-refractivity contribution in [1.82, 2.24) is 0 Å². The summed E-state index contributed by atoms with van der Waals surface area (Å²) in [5.41, 5.74) is 6.03. The lowest BCUT2D eigenvalue weighted by Gasteiger charge is -2.23. The molecule has 0 unspecified atom stereocenters. The maximum absolute atomic E-state index is 12.7. The van der Waals surface area contributed by atoms with Crippen LogP contribution >= 0.6 is 80.0 Å². The van der Waals surface area contributed by atoms with Crippen LogP contribution in [-0.4, -0.2) is 5.11 Å². The van der Waals surface area contributed by atoms with Crippen molar-refractivity contribution < 1.29 is 9.52 Å². The summed E-state index contributed by atoms with van der Waals surface area (Å²) in [5.74, 6) is 0.603. The van der Waals surface area contributed by atoms with Gasteiger partial charge in [-0.3, -0.25) is 4.79 Å². The third-order valence-electron chi connectivity index (χ3n) is 5.80. The SMILES string of the molecule is Cc1cc2c(-c3c(C)c(Cl)c(Cl)c(CI)c3Cl)c3cc(C)c(=O)c(C)c-3oc2c(I)c1O. The molecule has 4 rings (SSSR count). The van der Waals surface area contributed by atoms with Crippen LogP contribution in [0.4, 0.5) is 0 Å². The van der Waals surface area contributed by atoms with Gasteiger partial charge in [0.1, 0.15) is 11.5 Å². The number of alkyl halides is 1. The second kappa shape index (κ2) is 8.80. The van der Waals surface area contributed by atoms with E-state index < -0.39 is 0 Å². The summed E-state index contributed by atoms with van der Waals surface area (Å²) in [4.78, 5) is 12.7. The second-order valence-electron chi connectivity index (χ2n) is 7.79. The molecule has 0 amide bonds. The number of rotatable bonds is 2. The van der Waals surface area contributed by atoms with Crippen molar-refractivity contribution in [3.63, 3.8) is 0 Å². The van der Waals surface area contributed by atoms with E-state index >= 15 is 0 Å². The Labute approximate surface area is 227 Å². The number of hydrogen-bond acceptors (Lipinski definition) is 3. The molecule has 1 aliphatic carbocycles. The predicted molar refractivity (Wildman–Crippen MR) is 151 cm³/mol. The van der Waals surface area contributed by atoms with Crippen LogP contribution in [0, 0.1) is 31.3 Å². The highest BCUT2D eigenvalue weighted by molar-refractivity contribution is 14.1. The van der Waals surface area contributed by atoms with E-state index in [2.05, 4.69) is 45.2 Å². The lowest BCUT2D eigenvalue weighted by atomic mass is 9.87. The Kier molecular flexibility index (Phi) is 6.71. The Hall–Kier alpha value is -0.740. The van der Waals surface area contributed by atoms with Crippen LogP contribution in [0.25, 0.3) is 33.4 Å². The number of phenolic OH excluding ortho intramolecular Hbond substituents is 1. The number of aromatic hydroxyl groups is 1. The summed E-state index contributed by atoms with van der Waals surface area (Å²) >= 11 is 24.4. The number of fused-ring (bicyclic) bond motifs is 2. The van der Waals surface area contributed by atoms with Gasteiger partial charge in [-0.2, -0.15) is 0 Å². The molecule has 2 aromatic carbocycles. The minimum atomic E-state index is -0.0807. The molecule has 0 spiro atoms. The van der Waals surface area contributed by atoms with Gasteiger partial charge >= 0.3 is 0 Å². The molecule has 1 N–H and O–H groups in total. The average Bonchev–Trinajstić information content (AvgIpc) is 2.75.